The number of hydrogen-bond donors (Lipinski definition) is 1. The van der Waals surface area contributed by atoms with Gasteiger partial charge < -0.3 is 10.2 Å². The molecule has 0 spiro atoms. The molecule has 4 nitrogen and oxygen atoms in total. The SMILES string of the molecule is CCCCNC(=O)CN(C(C)=O)c1c(C)cc(C)cc1Cl. The summed E-state index contributed by atoms with van der Waals surface area (Å²) in [5.41, 5.74) is 2.52. The van der Waals surface area contributed by atoms with Crippen LogP contribution in [0.25, 0.3) is 0 Å². The fraction of sp³-hybridized carbons (Fsp3) is 0.500. The van der Waals surface area contributed by atoms with E-state index < -0.39 is 0 Å². The first kappa shape index (κ1) is 17.5. The van der Waals surface area contributed by atoms with Gasteiger partial charge in [-0.15, -0.1) is 0 Å². The van der Waals surface area contributed by atoms with Gasteiger partial charge in [0.25, 0.3) is 0 Å². The van der Waals surface area contributed by atoms with Crippen molar-refractivity contribution < 1.29 is 9.59 Å². The molecule has 0 aliphatic heterocycles. The number of amides is 2. The van der Waals surface area contributed by atoms with E-state index in [2.05, 4.69) is 12.2 Å². The number of halogens is 1. The fourth-order valence-electron chi connectivity index (χ4n) is 2.20. The highest BCUT2D eigenvalue weighted by Gasteiger charge is 2.20. The second-order valence-corrected chi connectivity index (χ2v) is 5.63. The first-order valence-corrected chi connectivity index (χ1v) is 7.56. The van der Waals surface area contributed by atoms with Crippen molar-refractivity contribution in [1.82, 2.24) is 5.32 Å². The molecule has 0 aromatic heterocycles. The standard InChI is InChI=1S/C16H23ClN2O2/c1-5-6-7-18-15(21)10-19(13(4)20)16-12(3)8-11(2)9-14(16)17/h8-9H,5-7,10H2,1-4H3,(H,18,21). The summed E-state index contributed by atoms with van der Waals surface area (Å²) >= 11 is 6.26. The first-order chi connectivity index (χ1) is 9.86. The van der Waals surface area contributed by atoms with Crippen molar-refractivity contribution in [1.29, 1.82) is 0 Å². The molecule has 116 valence electrons. The summed E-state index contributed by atoms with van der Waals surface area (Å²) in [6.07, 6.45) is 1.94. The zero-order valence-corrected chi connectivity index (χ0v) is 13.9. The van der Waals surface area contributed by atoms with Crippen LogP contribution in [0.4, 0.5) is 5.69 Å². The van der Waals surface area contributed by atoms with E-state index in [1.54, 1.807) is 6.07 Å². The molecule has 21 heavy (non-hydrogen) atoms. The molecule has 1 aromatic carbocycles. The normalized spacial score (nSPS) is 10.3. The van der Waals surface area contributed by atoms with Crippen LogP contribution < -0.4 is 10.2 Å². The Kier molecular flexibility index (Phi) is 6.69. The van der Waals surface area contributed by atoms with Gasteiger partial charge in [0.15, 0.2) is 0 Å². The van der Waals surface area contributed by atoms with Gasteiger partial charge in [0.2, 0.25) is 11.8 Å². The van der Waals surface area contributed by atoms with E-state index in [1.165, 1.54) is 11.8 Å². The largest absolute Gasteiger partial charge is 0.355 e. The molecular weight excluding hydrogens is 288 g/mol. The zero-order chi connectivity index (χ0) is 16.0. The minimum Gasteiger partial charge on any atom is -0.355 e. The summed E-state index contributed by atoms with van der Waals surface area (Å²) in [6.45, 7) is 7.94. The minimum absolute atomic E-state index is 0.0112. The molecule has 0 radical (unpaired) electrons. The predicted molar refractivity (Wildman–Crippen MR) is 86.9 cm³/mol. The molecule has 5 heteroatoms. The van der Waals surface area contributed by atoms with Crippen LogP contribution in [0.3, 0.4) is 0 Å². The molecule has 1 aromatic rings. The molecule has 0 fully saturated rings. The monoisotopic (exact) mass is 310 g/mol. The van der Waals surface area contributed by atoms with Crippen LogP contribution in [0.15, 0.2) is 12.1 Å². The minimum atomic E-state index is -0.200. The van der Waals surface area contributed by atoms with E-state index in [0.29, 0.717) is 17.3 Å². The van der Waals surface area contributed by atoms with Crippen LogP contribution in [0.2, 0.25) is 5.02 Å². The van der Waals surface area contributed by atoms with E-state index in [0.717, 1.165) is 24.0 Å². The number of anilines is 1. The van der Waals surface area contributed by atoms with Crippen molar-refractivity contribution in [3.05, 3.63) is 28.3 Å². The lowest BCUT2D eigenvalue weighted by Crippen LogP contribution is -2.40. The van der Waals surface area contributed by atoms with E-state index in [1.807, 2.05) is 19.9 Å². The lowest BCUT2D eigenvalue weighted by molar-refractivity contribution is -0.123. The molecule has 1 rings (SSSR count). The van der Waals surface area contributed by atoms with Crippen LogP contribution in [0.1, 0.15) is 37.8 Å². The van der Waals surface area contributed by atoms with E-state index >= 15 is 0 Å². The molecule has 0 aliphatic rings. The quantitative estimate of drug-likeness (QED) is 0.820. The number of rotatable bonds is 6. The highest BCUT2D eigenvalue weighted by molar-refractivity contribution is 6.34. The fourth-order valence-corrected chi connectivity index (χ4v) is 2.63. The molecule has 0 saturated carbocycles. The number of hydrogen-bond acceptors (Lipinski definition) is 2. The van der Waals surface area contributed by atoms with E-state index in [-0.39, 0.29) is 18.4 Å². The van der Waals surface area contributed by atoms with Gasteiger partial charge in [-0.05, 0) is 37.5 Å². The lowest BCUT2D eigenvalue weighted by Gasteiger charge is -2.24. The van der Waals surface area contributed by atoms with Crippen molar-refractivity contribution in [3.63, 3.8) is 0 Å². The molecule has 0 heterocycles. The van der Waals surface area contributed by atoms with Gasteiger partial charge in [0.1, 0.15) is 6.54 Å². The van der Waals surface area contributed by atoms with Gasteiger partial charge in [-0.1, -0.05) is 31.0 Å². The smallest absolute Gasteiger partial charge is 0.240 e. The summed E-state index contributed by atoms with van der Waals surface area (Å²) in [4.78, 5) is 25.3. The number of carbonyl (C=O) groups is 2. The van der Waals surface area contributed by atoms with Crippen molar-refractivity contribution in [2.24, 2.45) is 0 Å². The zero-order valence-electron chi connectivity index (χ0n) is 13.1. The van der Waals surface area contributed by atoms with Gasteiger partial charge >= 0.3 is 0 Å². The summed E-state index contributed by atoms with van der Waals surface area (Å²) < 4.78 is 0. The van der Waals surface area contributed by atoms with Crippen LogP contribution in [-0.2, 0) is 9.59 Å². The van der Waals surface area contributed by atoms with Gasteiger partial charge in [-0.3, -0.25) is 9.59 Å². The molecule has 0 bridgehead atoms. The van der Waals surface area contributed by atoms with E-state index in [9.17, 15) is 9.59 Å². The summed E-state index contributed by atoms with van der Waals surface area (Å²) in [7, 11) is 0. The molecule has 2 amide bonds. The second kappa shape index (κ2) is 8.03. The maximum Gasteiger partial charge on any atom is 0.240 e. The number of carbonyl (C=O) groups excluding carboxylic acids is 2. The summed E-state index contributed by atoms with van der Waals surface area (Å²) in [6, 6.07) is 3.75. The predicted octanol–water partition coefficient (Wildman–Crippen LogP) is 3.23. The third-order valence-corrected chi connectivity index (χ3v) is 3.49. The molecule has 0 atom stereocenters. The third-order valence-electron chi connectivity index (χ3n) is 3.20. The average molecular weight is 311 g/mol. The Morgan fingerprint density at radius 2 is 1.95 bits per heavy atom. The number of benzene rings is 1. The third kappa shape index (κ3) is 5.05. The Balaban J connectivity index is 2.93. The van der Waals surface area contributed by atoms with Crippen LogP contribution in [-0.4, -0.2) is 24.9 Å². The number of aryl methyl sites for hydroxylation is 2. The topological polar surface area (TPSA) is 49.4 Å². The van der Waals surface area contributed by atoms with Gasteiger partial charge in [-0.2, -0.15) is 0 Å². The number of nitrogens with zero attached hydrogens (tertiary/aromatic N) is 1. The number of nitrogens with one attached hydrogen (secondary N) is 1. The van der Waals surface area contributed by atoms with Crippen molar-refractivity contribution in [2.45, 2.75) is 40.5 Å². The highest BCUT2D eigenvalue weighted by Crippen LogP contribution is 2.31. The summed E-state index contributed by atoms with van der Waals surface area (Å²) in [5.74, 6) is -0.371. The molecule has 0 saturated heterocycles. The van der Waals surface area contributed by atoms with Gasteiger partial charge in [0, 0.05) is 13.5 Å². The maximum absolute atomic E-state index is 11.9. The van der Waals surface area contributed by atoms with Crippen LogP contribution >= 0.6 is 11.6 Å². The van der Waals surface area contributed by atoms with Crippen LogP contribution in [0, 0.1) is 13.8 Å². The second-order valence-electron chi connectivity index (χ2n) is 5.22. The maximum atomic E-state index is 11.9. The Morgan fingerprint density at radius 1 is 1.29 bits per heavy atom. The van der Waals surface area contributed by atoms with Crippen molar-refractivity contribution in [3.8, 4) is 0 Å². The summed E-state index contributed by atoms with van der Waals surface area (Å²) in [5, 5.41) is 3.30. The van der Waals surface area contributed by atoms with Crippen molar-refractivity contribution in [2.75, 3.05) is 18.0 Å². The Labute approximate surface area is 131 Å². The first-order valence-electron chi connectivity index (χ1n) is 7.18. The van der Waals surface area contributed by atoms with E-state index in [4.69, 9.17) is 11.6 Å². The molecule has 0 unspecified atom stereocenters. The Morgan fingerprint density at radius 3 is 2.48 bits per heavy atom. The molecular formula is C16H23ClN2O2. The van der Waals surface area contributed by atoms with Gasteiger partial charge in [0.05, 0.1) is 10.7 Å². The van der Waals surface area contributed by atoms with Gasteiger partial charge in [-0.25, -0.2) is 0 Å². The lowest BCUT2D eigenvalue weighted by atomic mass is 10.1. The van der Waals surface area contributed by atoms with Crippen LogP contribution in [0.5, 0.6) is 0 Å². The van der Waals surface area contributed by atoms with Crippen molar-refractivity contribution >= 4 is 29.1 Å². The average Bonchev–Trinajstić information content (AvgIpc) is 2.36. The highest BCUT2D eigenvalue weighted by atomic mass is 35.5. The molecule has 1 N–H and O–H groups in total. The Bertz CT molecular complexity index is 506. The Hall–Kier alpha value is -1.55. The molecule has 0 aliphatic carbocycles. The number of unbranched alkanes of at least 4 members (excludes halogenated alkanes) is 1.